The zero-order chi connectivity index (χ0) is 8.27. The van der Waals surface area contributed by atoms with Gasteiger partial charge in [-0.25, -0.2) is 0 Å². The van der Waals surface area contributed by atoms with Gasteiger partial charge in [0, 0.05) is 0 Å². The summed E-state index contributed by atoms with van der Waals surface area (Å²) in [6, 6.07) is 0. The number of hydrogen-bond donors (Lipinski definition) is 0. The van der Waals surface area contributed by atoms with Crippen LogP contribution in [0.2, 0.25) is 0 Å². The van der Waals surface area contributed by atoms with Crippen molar-refractivity contribution in [3.8, 4) is 0 Å². The van der Waals surface area contributed by atoms with E-state index in [2.05, 4.69) is 26.8 Å². The van der Waals surface area contributed by atoms with Gasteiger partial charge in [0.1, 0.15) is 0 Å². The Morgan fingerprint density at radius 1 is 1.55 bits per heavy atom. The second-order valence-electron chi connectivity index (χ2n) is 3.83. The van der Waals surface area contributed by atoms with Gasteiger partial charge in [-0.3, -0.25) is 0 Å². The largest absolute Gasteiger partial charge is 0.0850 e. The lowest BCUT2D eigenvalue weighted by molar-refractivity contribution is 0.576. The third-order valence-corrected chi connectivity index (χ3v) is 2.59. The first-order valence-electron chi connectivity index (χ1n) is 4.72. The van der Waals surface area contributed by atoms with E-state index in [9.17, 15) is 0 Å². The maximum Gasteiger partial charge on any atom is -0.0266 e. The van der Waals surface area contributed by atoms with Crippen molar-refractivity contribution in [1.29, 1.82) is 0 Å². The van der Waals surface area contributed by atoms with E-state index in [1.807, 2.05) is 0 Å². The van der Waals surface area contributed by atoms with Crippen LogP contribution in [0.4, 0.5) is 0 Å². The van der Waals surface area contributed by atoms with Gasteiger partial charge in [-0.1, -0.05) is 38.8 Å². The summed E-state index contributed by atoms with van der Waals surface area (Å²) in [7, 11) is 0. The number of hydrogen-bond acceptors (Lipinski definition) is 0. The first-order chi connectivity index (χ1) is 5.24. The minimum atomic E-state index is 0.872. The Balaban J connectivity index is 2.31. The highest BCUT2D eigenvalue weighted by Gasteiger charge is 2.19. The van der Waals surface area contributed by atoms with Gasteiger partial charge in [-0.15, -0.1) is 0 Å². The van der Waals surface area contributed by atoms with Gasteiger partial charge in [-0.05, 0) is 31.1 Å². The van der Waals surface area contributed by atoms with Crippen LogP contribution in [0, 0.1) is 11.8 Å². The van der Waals surface area contributed by atoms with E-state index < -0.39 is 0 Å². The Bertz CT molecular complexity index is 142. The molecule has 0 aliphatic heterocycles. The molecule has 0 fully saturated rings. The monoisotopic (exact) mass is 151 g/mol. The smallest absolute Gasteiger partial charge is 0.0266 e. The van der Waals surface area contributed by atoms with Crippen molar-refractivity contribution in [2.45, 2.75) is 46.5 Å². The Kier molecular flexibility index (Phi) is 3.16. The quantitative estimate of drug-likeness (QED) is 0.539. The van der Waals surface area contributed by atoms with E-state index >= 15 is 0 Å². The highest BCUT2D eigenvalue weighted by atomic mass is 14.2. The fourth-order valence-electron chi connectivity index (χ4n) is 1.76. The van der Waals surface area contributed by atoms with Crippen molar-refractivity contribution in [3.05, 3.63) is 17.6 Å². The van der Waals surface area contributed by atoms with Gasteiger partial charge < -0.3 is 0 Å². The van der Waals surface area contributed by atoms with Crippen LogP contribution in [0.15, 0.2) is 11.6 Å². The Morgan fingerprint density at radius 3 is 2.73 bits per heavy atom. The van der Waals surface area contributed by atoms with Crippen LogP contribution in [-0.4, -0.2) is 0 Å². The van der Waals surface area contributed by atoms with Gasteiger partial charge in [0.15, 0.2) is 0 Å². The normalized spacial score (nSPS) is 24.4. The third-order valence-electron chi connectivity index (χ3n) is 2.59. The predicted molar refractivity (Wildman–Crippen MR) is 50.3 cm³/mol. The Morgan fingerprint density at radius 2 is 2.27 bits per heavy atom. The molecular weight excluding hydrogens is 132 g/mol. The lowest BCUT2D eigenvalue weighted by Crippen LogP contribution is -2.01. The molecule has 0 spiro atoms. The summed E-state index contributed by atoms with van der Waals surface area (Å²) in [6.45, 7) is 6.78. The average molecular weight is 151 g/mol. The Hall–Kier alpha value is -0.260. The van der Waals surface area contributed by atoms with Gasteiger partial charge in [0.2, 0.25) is 0 Å². The lowest BCUT2D eigenvalue weighted by atomic mass is 9.92. The molecule has 1 rings (SSSR count). The van der Waals surface area contributed by atoms with Crippen molar-refractivity contribution in [3.63, 3.8) is 0 Å². The van der Waals surface area contributed by atoms with E-state index in [1.54, 1.807) is 11.5 Å². The molecule has 1 aliphatic rings. The molecule has 0 heterocycles. The second kappa shape index (κ2) is 3.94. The molecule has 0 bridgehead atoms. The van der Waals surface area contributed by atoms with E-state index in [1.165, 1.54) is 25.7 Å². The first kappa shape index (κ1) is 8.83. The molecule has 63 valence electrons. The molecule has 0 N–H and O–H groups in total. The molecule has 0 aromatic carbocycles. The van der Waals surface area contributed by atoms with Crippen molar-refractivity contribution < 1.29 is 0 Å². The van der Waals surface area contributed by atoms with Gasteiger partial charge in [0.05, 0.1) is 0 Å². The highest BCUT2D eigenvalue weighted by Crippen LogP contribution is 2.33. The van der Waals surface area contributed by atoms with Crippen molar-refractivity contribution in [1.82, 2.24) is 0 Å². The molecule has 11 heavy (non-hydrogen) atoms. The molecule has 0 saturated carbocycles. The molecule has 0 amide bonds. The third kappa shape index (κ3) is 2.36. The van der Waals surface area contributed by atoms with Crippen LogP contribution >= 0.6 is 0 Å². The molecule has 0 aromatic heterocycles. The van der Waals surface area contributed by atoms with Gasteiger partial charge in [0.25, 0.3) is 0 Å². The summed E-state index contributed by atoms with van der Waals surface area (Å²) in [4.78, 5) is 0. The molecular formula is C11H19. The zero-order valence-corrected chi connectivity index (χ0v) is 7.98. The summed E-state index contributed by atoms with van der Waals surface area (Å²) in [5.41, 5.74) is 1.69. The molecule has 1 radical (unpaired) electrons. The van der Waals surface area contributed by atoms with Crippen LogP contribution in [-0.2, 0) is 0 Å². The van der Waals surface area contributed by atoms with Gasteiger partial charge >= 0.3 is 0 Å². The van der Waals surface area contributed by atoms with Gasteiger partial charge in [-0.2, -0.15) is 0 Å². The van der Waals surface area contributed by atoms with Crippen LogP contribution in [0.3, 0.4) is 0 Å². The maximum absolute atomic E-state index is 2.45. The molecule has 0 saturated heterocycles. The summed E-state index contributed by atoms with van der Waals surface area (Å²) >= 11 is 0. The van der Waals surface area contributed by atoms with Crippen LogP contribution in [0.1, 0.15) is 46.5 Å². The molecule has 1 unspecified atom stereocenters. The topological polar surface area (TPSA) is 0 Å². The molecule has 1 atom stereocenters. The predicted octanol–water partition coefficient (Wildman–Crippen LogP) is 3.74. The summed E-state index contributed by atoms with van der Waals surface area (Å²) in [5, 5.41) is 0. The van der Waals surface area contributed by atoms with Crippen molar-refractivity contribution in [2.24, 2.45) is 5.92 Å². The van der Waals surface area contributed by atoms with E-state index in [-0.39, 0.29) is 0 Å². The van der Waals surface area contributed by atoms with Crippen LogP contribution in [0.25, 0.3) is 0 Å². The standard InChI is InChI=1S/C11H19/c1-4-5-10-6-7-11(8-10)9(2)3/h6,11H,4-5,7-8H2,1-3H3. The van der Waals surface area contributed by atoms with Crippen LogP contribution in [0.5, 0.6) is 0 Å². The van der Waals surface area contributed by atoms with E-state index in [0.717, 1.165) is 5.92 Å². The van der Waals surface area contributed by atoms with Crippen molar-refractivity contribution in [2.75, 3.05) is 0 Å². The minimum Gasteiger partial charge on any atom is -0.0850 e. The first-order valence-corrected chi connectivity index (χ1v) is 4.72. The minimum absolute atomic E-state index is 0.872. The fourth-order valence-corrected chi connectivity index (χ4v) is 1.76. The van der Waals surface area contributed by atoms with E-state index in [0.29, 0.717) is 0 Å². The lowest BCUT2D eigenvalue weighted by Gasteiger charge is -2.13. The summed E-state index contributed by atoms with van der Waals surface area (Å²) in [6.07, 6.45) is 7.72. The maximum atomic E-state index is 2.45. The second-order valence-corrected chi connectivity index (χ2v) is 3.83. The summed E-state index contributed by atoms with van der Waals surface area (Å²) < 4.78 is 0. The molecule has 1 aliphatic carbocycles. The van der Waals surface area contributed by atoms with E-state index in [4.69, 9.17) is 0 Å². The SMILES string of the molecule is CCCC1=CCC([C](C)C)C1. The summed E-state index contributed by atoms with van der Waals surface area (Å²) in [5.74, 6) is 2.48. The molecule has 0 aromatic rings. The highest BCUT2D eigenvalue weighted by molar-refractivity contribution is 5.14. The number of rotatable bonds is 3. The molecule has 0 heteroatoms. The Labute approximate surface area is 70.7 Å². The fraction of sp³-hybridized carbons (Fsp3) is 0.727. The molecule has 0 nitrogen and oxygen atoms in total. The zero-order valence-electron chi connectivity index (χ0n) is 7.98. The average Bonchev–Trinajstić information content (AvgIpc) is 2.37. The number of allylic oxidation sites excluding steroid dienone is 2. The van der Waals surface area contributed by atoms with Crippen molar-refractivity contribution >= 4 is 0 Å². The van der Waals surface area contributed by atoms with Crippen LogP contribution < -0.4 is 0 Å².